The lowest BCUT2D eigenvalue weighted by molar-refractivity contribution is 0.560. The summed E-state index contributed by atoms with van der Waals surface area (Å²) >= 11 is 0. The van der Waals surface area contributed by atoms with Gasteiger partial charge >= 0.3 is 0 Å². The number of nitrogen functional groups attached to an aromatic ring is 1. The molecule has 0 aliphatic heterocycles. The van der Waals surface area contributed by atoms with E-state index in [-0.39, 0.29) is 10.8 Å². The third-order valence-corrected chi connectivity index (χ3v) is 4.53. The molecule has 0 radical (unpaired) electrons. The van der Waals surface area contributed by atoms with Gasteiger partial charge in [-0.1, -0.05) is 0 Å². The van der Waals surface area contributed by atoms with Gasteiger partial charge in [-0.3, -0.25) is 5.43 Å². The number of rotatable bonds is 6. The smallest absolute Gasteiger partial charge is 0.264 e. The normalized spacial score (nSPS) is 11.6. The zero-order chi connectivity index (χ0) is 18.6. The molecule has 1 aromatic carbocycles. The number of hydrogen-bond acceptors (Lipinski definition) is 8. The van der Waals surface area contributed by atoms with E-state index in [1.54, 1.807) is 25.1 Å². The van der Waals surface area contributed by atoms with Crippen molar-refractivity contribution in [3.63, 3.8) is 0 Å². The summed E-state index contributed by atoms with van der Waals surface area (Å²) in [7, 11) is -3.83. The second-order valence-corrected chi connectivity index (χ2v) is 6.96. The molecule has 10 heteroatoms. The molecule has 3 rings (SSSR count). The first kappa shape index (κ1) is 17.4. The molecular weight excluding hydrogens is 356 g/mol. The fraction of sp³-hybridized carbons (Fsp3) is 0.0625. The van der Waals surface area contributed by atoms with Crippen molar-refractivity contribution in [3.05, 3.63) is 60.2 Å². The van der Waals surface area contributed by atoms with Crippen LogP contribution in [0, 0.1) is 6.92 Å². The quantitative estimate of drug-likeness (QED) is 0.343. The van der Waals surface area contributed by atoms with E-state index in [1.165, 1.54) is 36.7 Å². The molecule has 9 nitrogen and oxygen atoms in total. The Hall–Kier alpha value is -3.40. The van der Waals surface area contributed by atoms with Crippen molar-refractivity contribution in [3.8, 4) is 0 Å². The molecule has 134 valence electrons. The van der Waals surface area contributed by atoms with E-state index in [0.717, 1.165) is 0 Å². The largest absolute Gasteiger partial charge is 0.463 e. The van der Waals surface area contributed by atoms with Gasteiger partial charge in [0.1, 0.15) is 5.76 Å². The maximum Gasteiger partial charge on any atom is 0.264 e. The maximum atomic E-state index is 12.4. The van der Waals surface area contributed by atoms with Crippen molar-refractivity contribution >= 4 is 33.7 Å². The highest BCUT2D eigenvalue weighted by Gasteiger charge is 2.16. The maximum absolute atomic E-state index is 12.4. The summed E-state index contributed by atoms with van der Waals surface area (Å²) in [6.45, 7) is 1.71. The average Bonchev–Trinajstić information content (AvgIpc) is 3.07. The summed E-state index contributed by atoms with van der Waals surface area (Å²) in [6, 6.07) is 10.9. The van der Waals surface area contributed by atoms with E-state index >= 15 is 0 Å². The predicted molar refractivity (Wildman–Crippen MR) is 98.4 cm³/mol. The van der Waals surface area contributed by atoms with Crippen LogP contribution in [0.2, 0.25) is 0 Å². The monoisotopic (exact) mass is 372 g/mol. The number of hydrogen-bond donors (Lipinski definition) is 3. The third-order valence-electron chi connectivity index (χ3n) is 3.18. The Morgan fingerprint density at radius 2 is 1.96 bits per heavy atom. The van der Waals surface area contributed by atoms with Crippen LogP contribution in [0.4, 0.5) is 17.5 Å². The van der Waals surface area contributed by atoms with Gasteiger partial charge < -0.3 is 10.2 Å². The van der Waals surface area contributed by atoms with E-state index < -0.39 is 10.0 Å². The van der Waals surface area contributed by atoms with E-state index in [2.05, 4.69) is 25.2 Å². The van der Waals surface area contributed by atoms with Gasteiger partial charge in [-0.05, 0) is 43.3 Å². The van der Waals surface area contributed by atoms with Crippen LogP contribution in [-0.2, 0) is 10.0 Å². The lowest BCUT2D eigenvalue weighted by atomic mass is 10.3. The van der Waals surface area contributed by atoms with Crippen LogP contribution < -0.4 is 15.9 Å². The van der Waals surface area contributed by atoms with Crippen LogP contribution in [0.15, 0.2) is 63.1 Å². The van der Waals surface area contributed by atoms with Crippen molar-refractivity contribution < 1.29 is 12.8 Å². The molecule has 0 fully saturated rings. The summed E-state index contributed by atoms with van der Waals surface area (Å²) in [4.78, 5) is 8.24. The van der Waals surface area contributed by atoms with Gasteiger partial charge in [0.15, 0.2) is 5.82 Å². The van der Waals surface area contributed by atoms with Crippen molar-refractivity contribution in [2.75, 3.05) is 15.9 Å². The Labute approximate surface area is 150 Å². The number of furan rings is 1. The van der Waals surface area contributed by atoms with Crippen LogP contribution in [0.5, 0.6) is 0 Å². The van der Waals surface area contributed by atoms with Crippen LogP contribution >= 0.6 is 0 Å². The highest BCUT2D eigenvalue weighted by atomic mass is 32.2. The summed E-state index contributed by atoms with van der Waals surface area (Å²) in [5.74, 6) is 0.820. The van der Waals surface area contributed by atoms with Gasteiger partial charge in [0, 0.05) is 17.4 Å². The van der Waals surface area contributed by atoms with Gasteiger partial charge in [0.25, 0.3) is 10.0 Å². The number of aromatic nitrogens is 2. The summed E-state index contributed by atoms with van der Waals surface area (Å²) in [6.07, 6.45) is 3.00. The Morgan fingerprint density at radius 3 is 2.65 bits per heavy atom. The molecule has 26 heavy (non-hydrogen) atoms. The summed E-state index contributed by atoms with van der Waals surface area (Å²) in [5, 5.41) is 3.98. The first-order valence-corrected chi connectivity index (χ1v) is 8.97. The fourth-order valence-electron chi connectivity index (χ4n) is 2.02. The standard InChI is InChI=1S/C16H16N6O3S/c1-11-9-15(21-18-10-13-3-2-8-25-13)20-16(19-11)22-26(23,24)14-6-4-12(17)5-7-14/h2-10H,17H2,1H3,(H2,19,20,21,22). The minimum Gasteiger partial charge on any atom is -0.463 e. The van der Waals surface area contributed by atoms with Crippen LogP contribution in [-0.4, -0.2) is 24.6 Å². The van der Waals surface area contributed by atoms with Crippen molar-refractivity contribution in [2.45, 2.75) is 11.8 Å². The fourth-order valence-corrected chi connectivity index (χ4v) is 2.97. The number of anilines is 3. The molecule has 0 spiro atoms. The zero-order valence-corrected chi connectivity index (χ0v) is 14.6. The van der Waals surface area contributed by atoms with E-state index in [4.69, 9.17) is 10.2 Å². The molecule has 0 bridgehead atoms. The summed E-state index contributed by atoms with van der Waals surface area (Å²) in [5.41, 5.74) is 9.31. The molecule has 2 heterocycles. The Balaban J connectivity index is 1.77. The molecule has 0 aliphatic rings. The highest BCUT2D eigenvalue weighted by Crippen LogP contribution is 2.16. The number of benzene rings is 1. The van der Waals surface area contributed by atoms with Gasteiger partial charge in [0.05, 0.1) is 17.4 Å². The van der Waals surface area contributed by atoms with Crippen LogP contribution in [0.1, 0.15) is 11.5 Å². The van der Waals surface area contributed by atoms with Gasteiger partial charge in [0.2, 0.25) is 5.95 Å². The molecule has 0 amide bonds. The van der Waals surface area contributed by atoms with Crippen molar-refractivity contribution in [2.24, 2.45) is 5.10 Å². The van der Waals surface area contributed by atoms with E-state index in [0.29, 0.717) is 23.0 Å². The van der Waals surface area contributed by atoms with Gasteiger partial charge in [-0.25, -0.2) is 18.1 Å². The lowest BCUT2D eigenvalue weighted by Gasteiger charge is -2.09. The Bertz CT molecular complexity index is 1010. The molecular formula is C16H16N6O3S. The second kappa shape index (κ2) is 7.23. The molecule has 0 saturated carbocycles. The molecule has 0 aliphatic carbocycles. The minimum atomic E-state index is -3.83. The number of aryl methyl sites for hydroxylation is 1. The topological polar surface area (TPSA) is 136 Å². The first-order valence-electron chi connectivity index (χ1n) is 7.49. The molecule has 0 atom stereocenters. The molecule has 4 N–H and O–H groups in total. The van der Waals surface area contributed by atoms with Crippen molar-refractivity contribution in [1.29, 1.82) is 0 Å². The first-order chi connectivity index (χ1) is 12.4. The second-order valence-electron chi connectivity index (χ2n) is 5.28. The average molecular weight is 372 g/mol. The zero-order valence-electron chi connectivity index (χ0n) is 13.7. The highest BCUT2D eigenvalue weighted by molar-refractivity contribution is 7.92. The SMILES string of the molecule is Cc1cc(NN=Cc2ccco2)nc(NS(=O)(=O)c2ccc(N)cc2)n1. The number of nitrogens with two attached hydrogens (primary N) is 1. The number of nitrogens with zero attached hydrogens (tertiary/aromatic N) is 3. The van der Waals surface area contributed by atoms with Crippen molar-refractivity contribution in [1.82, 2.24) is 9.97 Å². The van der Waals surface area contributed by atoms with Crippen LogP contribution in [0.25, 0.3) is 0 Å². The number of sulfonamides is 1. The minimum absolute atomic E-state index is 0.0576. The lowest BCUT2D eigenvalue weighted by Crippen LogP contribution is -2.16. The molecule has 2 aromatic heterocycles. The predicted octanol–water partition coefficient (Wildman–Crippen LogP) is 2.21. The van der Waals surface area contributed by atoms with Gasteiger partial charge in [-0.2, -0.15) is 10.1 Å². The van der Waals surface area contributed by atoms with E-state index in [9.17, 15) is 8.42 Å². The Kier molecular flexibility index (Phi) is 4.85. The molecule has 0 saturated heterocycles. The summed E-state index contributed by atoms with van der Waals surface area (Å²) < 4.78 is 32.3. The molecule has 3 aromatic rings. The number of nitrogens with one attached hydrogen (secondary N) is 2. The third kappa shape index (κ3) is 4.36. The molecule has 0 unspecified atom stereocenters. The van der Waals surface area contributed by atoms with Crippen LogP contribution in [0.3, 0.4) is 0 Å². The van der Waals surface area contributed by atoms with E-state index in [1.807, 2.05) is 0 Å². The Morgan fingerprint density at radius 1 is 1.19 bits per heavy atom. The van der Waals surface area contributed by atoms with Gasteiger partial charge in [-0.15, -0.1) is 0 Å². The number of hydrazone groups is 1.